The molecule has 0 aliphatic rings. The van der Waals surface area contributed by atoms with Crippen molar-refractivity contribution in [2.75, 3.05) is 0 Å². The van der Waals surface area contributed by atoms with Gasteiger partial charge in [0.1, 0.15) is 11.2 Å². The summed E-state index contributed by atoms with van der Waals surface area (Å²) in [6, 6.07) is 82.1. The first-order chi connectivity index (χ1) is 33.1. The molecule has 0 saturated heterocycles. The summed E-state index contributed by atoms with van der Waals surface area (Å²) in [7, 11) is -3.13. The van der Waals surface area contributed by atoms with Gasteiger partial charge in [0.25, 0.3) is 0 Å². The van der Waals surface area contributed by atoms with Gasteiger partial charge in [0.05, 0.1) is 0 Å². The summed E-state index contributed by atoms with van der Waals surface area (Å²) in [6.07, 6.45) is 0. The molecule has 0 fully saturated rings. The van der Waals surface area contributed by atoms with E-state index in [0.29, 0.717) is 17.5 Å². The zero-order valence-electron chi connectivity index (χ0n) is 36.2. The molecule has 0 aliphatic heterocycles. The van der Waals surface area contributed by atoms with Crippen LogP contribution >= 0.6 is 7.14 Å². The summed E-state index contributed by atoms with van der Waals surface area (Å²) in [5, 5.41) is 6.60. The lowest BCUT2D eigenvalue weighted by atomic mass is 9.93. The SMILES string of the molecule is O=P(c1ccccc1)(c1ccccc1)c1ccc(-c2cccc3oc4c5ccccc5c(-c5ccc(-c6nc(-c7ccccc7)nc(-c7cccc(-c8ccccc8)c7)n6)cc5)cc4c23)cc1. The van der Waals surface area contributed by atoms with Gasteiger partial charge in [0.2, 0.25) is 0 Å². The number of hydrogen-bond donors (Lipinski definition) is 0. The maximum atomic E-state index is 15.2. The van der Waals surface area contributed by atoms with E-state index in [4.69, 9.17) is 19.4 Å². The Hall–Kier alpha value is -8.50. The minimum Gasteiger partial charge on any atom is -0.455 e. The van der Waals surface area contributed by atoms with Gasteiger partial charge in [-0.15, -0.1) is 0 Å². The maximum Gasteiger partial charge on any atom is 0.171 e. The molecule has 12 aromatic rings. The van der Waals surface area contributed by atoms with Crippen LogP contribution in [-0.4, -0.2) is 15.0 Å². The summed E-state index contributed by atoms with van der Waals surface area (Å²) in [6.45, 7) is 0. The van der Waals surface area contributed by atoms with Crippen molar-refractivity contribution in [3.05, 3.63) is 243 Å². The molecular weight excluding hydrogens is 838 g/mol. The number of aromatic nitrogens is 3. The number of hydrogen-bond acceptors (Lipinski definition) is 5. The lowest BCUT2D eigenvalue weighted by Gasteiger charge is -2.20. The molecule has 0 saturated carbocycles. The van der Waals surface area contributed by atoms with Gasteiger partial charge >= 0.3 is 0 Å². The Balaban J connectivity index is 0.953. The summed E-state index contributed by atoms with van der Waals surface area (Å²) in [4.78, 5) is 15.1. The Morgan fingerprint density at radius 2 is 0.761 bits per heavy atom. The van der Waals surface area contributed by atoms with Gasteiger partial charge in [-0.25, -0.2) is 15.0 Å². The Kier molecular flexibility index (Phi) is 10.0. The third-order valence-corrected chi connectivity index (χ3v) is 15.7. The minimum absolute atomic E-state index is 0.598. The predicted molar refractivity (Wildman–Crippen MR) is 277 cm³/mol. The Labute approximate surface area is 388 Å². The highest BCUT2D eigenvalue weighted by molar-refractivity contribution is 7.85. The highest BCUT2D eigenvalue weighted by Gasteiger charge is 2.29. The summed E-state index contributed by atoms with van der Waals surface area (Å²) in [5.41, 5.74) is 10.8. The van der Waals surface area contributed by atoms with Crippen LogP contribution in [0.15, 0.2) is 247 Å². The molecule has 0 radical (unpaired) electrons. The first-order valence-corrected chi connectivity index (χ1v) is 24.1. The lowest BCUT2D eigenvalue weighted by molar-refractivity contribution is 0.592. The molecule has 0 atom stereocenters. The normalized spacial score (nSPS) is 11.6. The molecule has 0 unspecified atom stereocenters. The van der Waals surface area contributed by atoms with E-state index in [1.54, 1.807) is 0 Å². The molecule has 0 aliphatic carbocycles. The number of furan rings is 1. The quantitative estimate of drug-likeness (QED) is 0.135. The van der Waals surface area contributed by atoms with E-state index in [1.807, 2.05) is 121 Å². The molecule has 316 valence electrons. The van der Waals surface area contributed by atoms with Crippen molar-refractivity contribution >= 4 is 55.8 Å². The molecule has 12 rings (SSSR count). The van der Waals surface area contributed by atoms with Crippen molar-refractivity contribution in [3.8, 4) is 67.5 Å². The molecule has 0 bridgehead atoms. The van der Waals surface area contributed by atoms with E-state index in [2.05, 4.69) is 121 Å². The smallest absolute Gasteiger partial charge is 0.171 e. The number of nitrogens with zero attached hydrogens (tertiary/aromatic N) is 3. The maximum absolute atomic E-state index is 15.2. The summed E-state index contributed by atoms with van der Waals surface area (Å²) >= 11 is 0. The van der Waals surface area contributed by atoms with Crippen LogP contribution in [0.2, 0.25) is 0 Å². The van der Waals surface area contributed by atoms with Gasteiger partial charge in [0.15, 0.2) is 24.6 Å². The van der Waals surface area contributed by atoms with Gasteiger partial charge < -0.3 is 8.98 Å². The van der Waals surface area contributed by atoms with Crippen LogP contribution < -0.4 is 15.9 Å². The van der Waals surface area contributed by atoms with Gasteiger partial charge in [-0.3, -0.25) is 0 Å². The van der Waals surface area contributed by atoms with Crippen molar-refractivity contribution < 1.29 is 8.98 Å². The Morgan fingerprint density at radius 1 is 0.313 bits per heavy atom. The molecule has 2 aromatic heterocycles. The Bertz CT molecular complexity index is 3760. The molecule has 67 heavy (non-hydrogen) atoms. The topological polar surface area (TPSA) is 68.9 Å². The van der Waals surface area contributed by atoms with E-state index in [0.717, 1.165) is 98.7 Å². The fourth-order valence-electron chi connectivity index (χ4n) is 9.32. The highest BCUT2D eigenvalue weighted by Crippen LogP contribution is 2.45. The molecular formula is C61H40N3O2P. The van der Waals surface area contributed by atoms with Gasteiger partial charge in [-0.05, 0) is 57.0 Å². The molecule has 0 spiro atoms. The molecule has 10 aromatic carbocycles. The highest BCUT2D eigenvalue weighted by atomic mass is 31.2. The van der Waals surface area contributed by atoms with E-state index < -0.39 is 7.14 Å². The van der Waals surface area contributed by atoms with E-state index >= 15 is 4.57 Å². The molecule has 0 amide bonds. The zero-order chi connectivity index (χ0) is 44.7. The monoisotopic (exact) mass is 877 g/mol. The van der Waals surface area contributed by atoms with E-state index in [1.165, 1.54) is 0 Å². The van der Waals surface area contributed by atoms with Gasteiger partial charge in [-0.2, -0.15) is 0 Å². The number of benzene rings is 10. The van der Waals surface area contributed by atoms with Gasteiger partial charge in [-0.1, -0.05) is 224 Å². The van der Waals surface area contributed by atoms with Crippen LogP contribution in [0.3, 0.4) is 0 Å². The second-order valence-electron chi connectivity index (χ2n) is 16.7. The molecule has 5 nitrogen and oxygen atoms in total. The first kappa shape index (κ1) is 40.0. The van der Waals surface area contributed by atoms with Gasteiger partial charge in [0, 0.05) is 48.8 Å². The average molecular weight is 878 g/mol. The second kappa shape index (κ2) is 16.8. The van der Waals surface area contributed by atoms with Crippen molar-refractivity contribution in [2.24, 2.45) is 0 Å². The van der Waals surface area contributed by atoms with Crippen LogP contribution in [0.1, 0.15) is 0 Å². The Morgan fingerprint density at radius 3 is 1.40 bits per heavy atom. The van der Waals surface area contributed by atoms with Crippen LogP contribution in [0, 0.1) is 0 Å². The van der Waals surface area contributed by atoms with Crippen molar-refractivity contribution in [1.82, 2.24) is 15.0 Å². The largest absolute Gasteiger partial charge is 0.455 e. The number of fused-ring (bicyclic) bond motifs is 5. The van der Waals surface area contributed by atoms with Crippen LogP contribution in [0.5, 0.6) is 0 Å². The third kappa shape index (κ3) is 7.23. The zero-order valence-corrected chi connectivity index (χ0v) is 37.1. The third-order valence-electron chi connectivity index (χ3n) is 12.6. The van der Waals surface area contributed by atoms with Crippen molar-refractivity contribution in [1.29, 1.82) is 0 Å². The molecule has 2 heterocycles. The van der Waals surface area contributed by atoms with Crippen molar-refractivity contribution in [2.45, 2.75) is 0 Å². The van der Waals surface area contributed by atoms with Crippen LogP contribution in [-0.2, 0) is 4.57 Å². The number of rotatable bonds is 9. The fraction of sp³-hybridized carbons (Fsp3) is 0. The van der Waals surface area contributed by atoms with Crippen LogP contribution in [0.25, 0.3) is 100 Å². The van der Waals surface area contributed by atoms with Crippen LogP contribution in [0.4, 0.5) is 0 Å². The molecule has 0 N–H and O–H groups in total. The predicted octanol–water partition coefficient (Wildman–Crippen LogP) is 14.6. The van der Waals surface area contributed by atoms with E-state index in [-0.39, 0.29) is 0 Å². The summed E-state index contributed by atoms with van der Waals surface area (Å²) in [5.74, 6) is 1.83. The van der Waals surface area contributed by atoms with Crippen molar-refractivity contribution in [3.63, 3.8) is 0 Å². The minimum atomic E-state index is -3.13. The standard InChI is InChI=1S/C61H40N3O2P/c65-67(48-23-9-3-10-24-48,49-25-11-4-12-26-49)50-37-35-42(36-38-50)51-29-16-30-56-57(51)55-40-54(52-27-13-14-28-53(52)58(55)66-56)43-31-33-45(34-32-43)60-62-59(44-19-7-2-8-20-44)63-61(64-60)47-22-15-21-46(39-47)41-17-5-1-6-18-41/h1-40H. The average Bonchev–Trinajstić information content (AvgIpc) is 3.81. The fourth-order valence-corrected chi connectivity index (χ4v) is 12.0. The second-order valence-corrected chi connectivity index (χ2v) is 19.4. The first-order valence-electron chi connectivity index (χ1n) is 22.4. The molecule has 6 heteroatoms. The van der Waals surface area contributed by atoms with E-state index in [9.17, 15) is 0 Å². The summed E-state index contributed by atoms with van der Waals surface area (Å²) < 4.78 is 21.9. The lowest BCUT2D eigenvalue weighted by Crippen LogP contribution is -2.24.